The third kappa shape index (κ3) is 2.76. The van der Waals surface area contributed by atoms with Crippen LogP contribution in [0.25, 0.3) is 10.6 Å². The summed E-state index contributed by atoms with van der Waals surface area (Å²) in [5, 5.41) is 2.71. The molecule has 1 N–H and O–H groups in total. The Labute approximate surface area is 115 Å². The number of nitrogens with zero attached hydrogens (tertiary/aromatic N) is 1. The van der Waals surface area contributed by atoms with E-state index in [0.29, 0.717) is 4.64 Å². The fourth-order valence-electron chi connectivity index (χ4n) is 1.42. The minimum absolute atomic E-state index is 0.0622. The molecule has 0 atom stereocenters. The maximum absolute atomic E-state index is 6.13. The first kappa shape index (κ1) is 12.7. The van der Waals surface area contributed by atoms with E-state index in [9.17, 15) is 0 Å². The highest BCUT2D eigenvalue weighted by atomic mass is 35.5. The van der Waals surface area contributed by atoms with Crippen molar-refractivity contribution in [1.29, 1.82) is 0 Å². The highest BCUT2D eigenvalue weighted by Crippen LogP contribution is 2.32. The Bertz CT molecular complexity index is 593. The molecule has 0 saturated heterocycles. The van der Waals surface area contributed by atoms with Gasteiger partial charge >= 0.3 is 0 Å². The van der Waals surface area contributed by atoms with E-state index in [1.807, 2.05) is 17.5 Å². The molecule has 90 valence electrons. The third-order valence-electron chi connectivity index (χ3n) is 2.32. The van der Waals surface area contributed by atoms with Crippen molar-refractivity contribution in [3.8, 4) is 10.6 Å². The largest absolute Gasteiger partial charge is 0.342 e. The van der Waals surface area contributed by atoms with E-state index in [1.165, 1.54) is 0 Å². The van der Waals surface area contributed by atoms with Crippen molar-refractivity contribution in [2.75, 3.05) is 0 Å². The maximum atomic E-state index is 6.13. The Hall–Kier alpha value is -0.710. The number of halogens is 1. The highest BCUT2D eigenvalue weighted by Gasteiger charge is 2.18. The van der Waals surface area contributed by atoms with Crippen LogP contribution in [0.3, 0.4) is 0 Å². The molecule has 2 aromatic heterocycles. The van der Waals surface area contributed by atoms with Gasteiger partial charge in [-0.05, 0) is 17.5 Å². The molecule has 0 saturated carbocycles. The van der Waals surface area contributed by atoms with Gasteiger partial charge in [0.15, 0.2) is 0 Å². The van der Waals surface area contributed by atoms with Crippen LogP contribution in [0.4, 0.5) is 0 Å². The average Bonchev–Trinajstić information content (AvgIpc) is 2.62. The molecular formula is C12H13ClN2S2. The monoisotopic (exact) mass is 284 g/mol. The summed E-state index contributed by atoms with van der Waals surface area (Å²) in [6.07, 6.45) is 0. The SMILES string of the molecule is CC(C)(C)c1nc(=S)cc(-c2sccc2Cl)[nH]1. The average molecular weight is 285 g/mol. The van der Waals surface area contributed by atoms with Gasteiger partial charge in [0.05, 0.1) is 15.6 Å². The van der Waals surface area contributed by atoms with Crippen molar-refractivity contribution >= 4 is 35.2 Å². The smallest absolute Gasteiger partial charge is 0.130 e. The number of H-pyrrole nitrogens is 1. The number of nitrogens with one attached hydrogen (secondary N) is 1. The molecule has 0 aromatic carbocycles. The van der Waals surface area contributed by atoms with Crippen molar-refractivity contribution < 1.29 is 0 Å². The topological polar surface area (TPSA) is 28.7 Å². The summed E-state index contributed by atoms with van der Waals surface area (Å²) in [6.45, 7) is 6.29. The second-order valence-electron chi connectivity index (χ2n) is 4.83. The predicted octanol–water partition coefficient (Wildman–Crippen LogP) is 4.82. The summed E-state index contributed by atoms with van der Waals surface area (Å²) in [7, 11) is 0. The van der Waals surface area contributed by atoms with Crippen LogP contribution < -0.4 is 0 Å². The summed E-state index contributed by atoms with van der Waals surface area (Å²) in [6, 6.07) is 3.73. The number of aromatic nitrogens is 2. The van der Waals surface area contributed by atoms with Crippen LogP contribution in [0, 0.1) is 4.64 Å². The molecule has 17 heavy (non-hydrogen) atoms. The Morgan fingerprint density at radius 1 is 1.41 bits per heavy atom. The molecule has 2 rings (SSSR count). The molecule has 0 aliphatic carbocycles. The van der Waals surface area contributed by atoms with E-state index in [1.54, 1.807) is 11.3 Å². The molecule has 0 amide bonds. The number of hydrogen-bond donors (Lipinski definition) is 1. The zero-order valence-corrected chi connectivity index (χ0v) is 12.3. The molecule has 2 nitrogen and oxygen atoms in total. The number of rotatable bonds is 1. The standard InChI is InChI=1S/C12H13ClN2S2/c1-12(2,3)11-14-8(6-9(16)15-11)10-7(13)4-5-17-10/h4-6H,1-3H3,(H,14,15,16). The molecule has 2 aromatic rings. The van der Waals surface area contributed by atoms with Gasteiger partial charge in [0.25, 0.3) is 0 Å². The van der Waals surface area contributed by atoms with Crippen LogP contribution >= 0.6 is 35.2 Å². The summed E-state index contributed by atoms with van der Waals surface area (Å²) in [4.78, 5) is 8.69. The van der Waals surface area contributed by atoms with E-state index in [-0.39, 0.29) is 5.41 Å². The van der Waals surface area contributed by atoms with Crippen LogP contribution in [-0.2, 0) is 5.41 Å². The van der Waals surface area contributed by atoms with E-state index >= 15 is 0 Å². The molecule has 0 aliphatic rings. The Kier molecular flexibility index (Phi) is 3.39. The molecule has 0 fully saturated rings. The van der Waals surface area contributed by atoms with Crippen LogP contribution in [0.2, 0.25) is 5.02 Å². The second-order valence-corrected chi connectivity index (χ2v) is 6.57. The van der Waals surface area contributed by atoms with Gasteiger partial charge in [-0.2, -0.15) is 0 Å². The lowest BCUT2D eigenvalue weighted by Crippen LogP contribution is -2.16. The highest BCUT2D eigenvalue weighted by molar-refractivity contribution is 7.71. The van der Waals surface area contributed by atoms with Crippen LogP contribution in [0.15, 0.2) is 17.5 Å². The summed E-state index contributed by atoms with van der Waals surface area (Å²) in [5.41, 5.74) is 0.878. The van der Waals surface area contributed by atoms with E-state index < -0.39 is 0 Å². The number of aromatic amines is 1. The summed E-state index contributed by atoms with van der Waals surface area (Å²) < 4.78 is 0.591. The zero-order chi connectivity index (χ0) is 12.6. The summed E-state index contributed by atoms with van der Waals surface area (Å²) >= 11 is 12.9. The molecule has 0 bridgehead atoms. The van der Waals surface area contributed by atoms with Gasteiger partial charge in [0, 0.05) is 5.41 Å². The normalized spacial score (nSPS) is 11.8. The minimum Gasteiger partial charge on any atom is -0.342 e. The lowest BCUT2D eigenvalue weighted by atomic mass is 9.95. The first-order chi connectivity index (χ1) is 7.88. The fraction of sp³-hybridized carbons (Fsp3) is 0.333. The van der Waals surface area contributed by atoms with Crippen molar-refractivity contribution in [2.24, 2.45) is 0 Å². The fourth-order valence-corrected chi connectivity index (χ4v) is 2.76. The molecular weight excluding hydrogens is 272 g/mol. The van der Waals surface area contributed by atoms with E-state index in [4.69, 9.17) is 23.8 Å². The molecule has 0 spiro atoms. The molecule has 0 unspecified atom stereocenters. The first-order valence-corrected chi connectivity index (χ1v) is 6.90. The van der Waals surface area contributed by atoms with Gasteiger partial charge in [-0.3, -0.25) is 0 Å². The number of thiophene rings is 1. The lowest BCUT2D eigenvalue weighted by Gasteiger charge is -2.18. The Morgan fingerprint density at radius 3 is 2.65 bits per heavy atom. The van der Waals surface area contributed by atoms with Crippen LogP contribution in [-0.4, -0.2) is 9.97 Å². The minimum atomic E-state index is -0.0622. The van der Waals surface area contributed by atoms with Gasteiger partial charge in [0.2, 0.25) is 0 Å². The lowest BCUT2D eigenvalue weighted by molar-refractivity contribution is 0.545. The van der Waals surface area contributed by atoms with Crippen molar-refractivity contribution in [3.63, 3.8) is 0 Å². The second kappa shape index (κ2) is 4.52. The van der Waals surface area contributed by atoms with Crippen molar-refractivity contribution in [3.05, 3.63) is 33.0 Å². The van der Waals surface area contributed by atoms with Crippen molar-refractivity contribution in [1.82, 2.24) is 9.97 Å². The van der Waals surface area contributed by atoms with Gasteiger partial charge in [-0.1, -0.05) is 44.6 Å². The molecule has 2 heterocycles. The van der Waals surface area contributed by atoms with E-state index in [2.05, 4.69) is 30.7 Å². The Morgan fingerprint density at radius 2 is 2.12 bits per heavy atom. The quantitative estimate of drug-likeness (QED) is 0.761. The van der Waals surface area contributed by atoms with Gasteiger partial charge < -0.3 is 4.98 Å². The Balaban J connectivity index is 2.61. The zero-order valence-electron chi connectivity index (χ0n) is 9.87. The summed E-state index contributed by atoms with van der Waals surface area (Å²) in [5.74, 6) is 0.879. The van der Waals surface area contributed by atoms with E-state index in [0.717, 1.165) is 21.4 Å². The molecule has 0 radical (unpaired) electrons. The molecule has 0 aliphatic heterocycles. The van der Waals surface area contributed by atoms with Gasteiger partial charge in [0.1, 0.15) is 10.5 Å². The molecule has 5 heteroatoms. The van der Waals surface area contributed by atoms with Crippen LogP contribution in [0.5, 0.6) is 0 Å². The predicted molar refractivity (Wildman–Crippen MR) is 76.4 cm³/mol. The van der Waals surface area contributed by atoms with Gasteiger partial charge in [-0.15, -0.1) is 11.3 Å². The van der Waals surface area contributed by atoms with Crippen LogP contribution in [0.1, 0.15) is 26.6 Å². The first-order valence-electron chi connectivity index (χ1n) is 5.23. The maximum Gasteiger partial charge on any atom is 0.130 e. The van der Waals surface area contributed by atoms with Gasteiger partial charge in [-0.25, -0.2) is 4.98 Å². The number of hydrogen-bond acceptors (Lipinski definition) is 3. The third-order valence-corrected chi connectivity index (χ3v) is 3.90. The van der Waals surface area contributed by atoms with Crippen molar-refractivity contribution in [2.45, 2.75) is 26.2 Å².